The Bertz CT molecular complexity index is 961. The second kappa shape index (κ2) is 8.39. The number of pyridine rings is 1. The molecule has 0 fully saturated rings. The molecule has 0 spiro atoms. The zero-order valence-corrected chi connectivity index (χ0v) is 14.9. The minimum absolute atomic E-state index is 0.156. The molecular formula is C21H16F2N2O3. The Hall–Kier alpha value is -3.61. The summed E-state index contributed by atoms with van der Waals surface area (Å²) in [6, 6.07) is 12.1. The third-order valence-corrected chi connectivity index (χ3v) is 4.10. The minimum Gasteiger partial charge on any atom is -0.467 e. The van der Waals surface area contributed by atoms with Crippen LogP contribution in [0.5, 0.6) is 0 Å². The first kappa shape index (κ1) is 19.2. The topological polar surface area (TPSA) is 59.5 Å². The van der Waals surface area contributed by atoms with Gasteiger partial charge in [0.05, 0.1) is 7.11 Å². The molecule has 3 aromatic rings. The van der Waals surface area contributed by atoms with Gasteiger partial charge in [-0.3, -0.25) is 14.7 Å². The van der Waals surface area contributed by atoms with E-state index >= 15 is 0 Å². The average Bonchev–Trinajstić information content (AvgIpc) is 2.73. The fourth-order valence-electron chi connectivity index (χ4n) is 2.76. The van der Waals surface area contributed by atoms with Crippen molar-refractivity contribution < 1.29 is 23.1 Å². The summed E-state index contributed by atoms with van der Waals surface area (Å²) in [5, 5.41) is 0. The van der Waals surface area contributed by atoms with Crippen LogP contribution >= 0.6 is 0 Å². The van der Waals surface area contributed by atoms with Crippen LogP contribution in [0.2, 0.25) is 0 Å². The van der Waals surface area contributed by atoms with E-state index in [1.807, 2.05) is 0 Å². The predicted molar refractivity (Wildman–Crippen MR) is 98.6 cm³/mol. The number of ether oxygens (including phenoxy) is 1. The number of anilines is 1. The van der Waals surface area contributed by atoms with E-state index in [9.17, 15) is 18.4 Å². The van der Waals surface area contributed by atoms with Gasteiger partial charge in [0, 0.05) is 29.2 Å². The van der Waals surface area contributed by atoms with Crippen molar-refractivity contribution in [2.45, 2.75) is 6.04 Å². The molecule has 0 aliphatic carbocycles. The summed E-state index contributed by atoms with van der Waals surface area (Å²) >= 11 is 0. The smallest absolute Gasteiger partial charge is 0.333 e. The van der Waals surface area contributed by atoms with Crippen molar-refractivity contribution in [1.82, 2.24) is 4.98 Å². The van der Waals surface area contributed by atoms with Crippen molar-refractivity contribution in [2.75, 3.05) is 12.0 Å². The number of hydrogen-bond acceptors (Lipinski definition) is 4. The fourth-order valence-corrected chi connectivity index (χ4v) is 2.76. The summed E-state index contributed by atoms with van der Waals surface area (Å²) in [4.78, 5) is 31.0. The molecule has 1 unspecified atom stereocenters. The van der Waals surface area contributed by atoms with Crippen LogP contribution in [0.4, 0.5) is 14.5 Å². The molecule has 1 atom stereocenters. The molecule has 0 aliphatic rings. The molecule has 3 rings (SSSR count). The largest absolute Gasteiger partial charge is 0.467 e. The van der Waals surface area contributed by atoms with Crippen LogP contribution in [-0.2, 0) is 9.53 Å². The summed E-state index contributed by atoms with van der Waals surface area (Å²) in [5.74, 6) is -2.27. The first-order valence-corrected chi connectivity index (χ1v) is 8.33. The molecule has 0 bridgehead atoms. The van der Waals surface area contributed by atoms with Gasteiger partial charge in [-0.1, -0.05) is 6.07 Å². The molecule has 0 saturated carbocycles. The van der Waals surface area contributed by atoms with E-state index in [4.69, 9.17) is 4.74 Å². The van der Waals surface area contributed by atoms with Crippen molar-refractivity contribution >= 4 is 17.6 Å². The van der Waals surface area contributed by atoms with Gasteiger partial charge < -0.3 is 4.74 Å². The molecule has 2 aromatic carbocycles. The number of amides is 1. The fraction of sp³-hybridized carbons (Fsp3) is 0.0952. The first-order chi connectivity index (χ1) is 13.5. The highest BCUT2D eigenvalue weighted by atomic mass is 19.1. The van der Waals surface area contributed by atoms with Crippen LogP contribution in [0.3, 0.4) is 0 Å². The third-order valence-electron chi connectivity index (χ3n) is 4.10. The standard InChI is InChI=1S/C21H16F2N2O3/c1-28-21(27)19(15-3-2-12-24-13-15)25(18-10-8-17(23)9-11-18)20(26)14-4-6-16(22)7-5-14/h2-13,19H,1H3. The Morgan fingerprint density at radius 2 is 1.57 bits per heavy atom. The SMILES string of the molecule is COC(=O)C(c1cccnc1)N(C(=O)c1ccc(F)cc1)c1ccc(F)cc1. The zero-order chi connectivity index (χ0) is 20.1. The quantitative estimate of drug-likeness (QED) is 0.628. The number of halogens is 2. The van der Waals surface area contributed by atoms with E-state index in [0.717, 1.165) is 12.1 Å². The van der Waals surface area contributed by atoms with Gasteiger partial charge in [0.25, 0.3) is 5.91 Å². The number of carbonyl (C=O) groups is 2. The number of benzene rings is 2. The average molecular weight is 382 g/mol. The Balaban J connectivity index is 2.15. The van der Waals surface area contributed by atoms with Crippen LogP contribution in [0.25, 0.3) is 0 Å². The minimum atomic E-state index is -1.17. The lowest BCUT2D eigenvalue weighted by molar-refractivity contribution is -0.142. The summed E-state index contributed by atoms with van der Waals surface area (Å²) < 4.78 is 31.6. The molecule has 0 saturated heterocycles. The number of hydrogen-bond donors (Lipinski definition) is 0. The molecule has 28 heavy (non-hydrogen) atoms. The lowest BCUT2D eigenvalue weighted by Crippen LogP contribution is -2.40. The molecule has 142 valence electrons. The van der Waals surface area contributed by atoms with Crippen molar-refractivity contribution in [1.29, 1.82) is 0 Å². The van der Waals surface area contributed by atoms with Gasteiger partial charge >= 0.3 is 5.97 Å². The first-order valence-electron chi connectivity index (χ1n) is 8.33. The Labute approximate surface area is 160 Å². The van der Waals surface area contributed by atoms with E-state index in [0.29, 0.717) is 5.56 Å². The van der Waals surface area contributed by atoms with Crippen LogP contribution in [0.15, 0.2) is 73.1 Å². The van der Waals surface area contributed by atoms with Crippen LogP contribution in [-0.4, -0.2) is 24.0 Å². The van der Waals surface area contributed by atoms with E-state index in [-0.39, 0.29) is 11.3 Å². The maximum Gasteiger partial charge on any atom is 0.333 e. The number of rotatable bonds is 5. The highest BCUT2D eigenvalue weighted by Gasteiger charge is 2.34. The van der Waals surface area contributed by atoms with E-state index in [1.54, 1.807) is 12.1 Å². The van der Waals surface area contributed by atoms with Crippen LogP contribution < -0.4 is 4.90 Å². The summed E-state index contributed by atoms with van der Waals surface area (Å²) in [6.07, 6.45) is 2.97. The Kier molecular flexibility index (Phi) is 5.74. The summed E-state index contributed by atoms with van der Waals surface area (Å²) in [7, 11) is 1.21. The lowest BCUT2D eigenvalue weighted by Gasteiger charge is -2.30. The highest BCUT2D eigenvalue weighted by molar-refractivity contribution is 6.09. The second-order valence-electron chi connectivity index (χ2n) is 5.87. The maximum absolute atomic E-state index is 13.4. The molecule has 0 aliphatic heterocycles. The van der Waals surface area contributed by atoms with Gasteiger partial charge in [0.2, 0.25) is 0 Å². The summed E-state index contributed by atoms with van der Waals surface area (Å²) in [5.41, 5.74) is 0.840. The van der Waals surface area contributed by atoms with Gasteiger partial charge in [-0.2, -0.15) is 0 Å². The molecule has 1 amide bonds. The highest BCUT2D eigenvalue weighted by Crippen LogP contribution is 2.30. The van der Waals surface area contributed by atoms with Crippen molar-refractivity contribution in [2.24, 2.45) is 0 Å². The monoisotopic (exact) mass is 382 g/mol. The van der Waals surface area contributed by atoms with E-state index in [1.165, 1.54) is 60.8 Å². The second-order valence-corrected chi connectivity index (χ2v) is 5.87. The molecular weight excluding hydrogens is 366 g/mol. The third kappa shape index (κ3) is 4.03. The van der Waals surface area contributed by atoms with Gasteiger partial charge in [0.15, 0.2) is 6.04 Å². The van der Waals surface area contributed by atoms with Crippen LogP contribution in [0, 0.1) is 11.6 Å². The molecule has 0 radical (unpaired) electrons. The van der Waals surface area contributed by atoms with Crippen molar-refractivity contribution in [3.8, 4) is 0 Å². The van der Waals surface area contributed by atoms with Gasteiger partial charge in [-0.15, -0.1) is 0 Å². The van der Waals surface area contributed by atoms with E-state index < -0.39 is 29.6 Å². The lowest BCUT2D eigenvalue weighted by atomic mass is 10.0. The normalized spacial score (nSPS) is 11.5. The molecule has 7 heteroatoms. The van der Waals surface area contributed by atoms with Crippen LogP contribution in [0.1, 0.15) is 22.0 Å². The number of carbonyl (C=O) groups excluding carboxylic acids is 2. The van der Waals surface area contributed by atoms with E-state index in [2.05, 4.69) is 4.98 Å². The molecule has 5 nitrogen and oxygen atoms in total. The van der Waals surface area contributed by atoms with Gasteiger partial charge in [0.1, 0.15) is 11.6 Å². The number of aromatic nitrogens is 1. The van der Waals surface area contributed by atoms with Gasteiger partial charge in [-0.25, -0.2) is 13.6 Å². The maximum atomic E-state index is 13.4. The Morgan fingerprint density at radius 1 is 0.964 bits per heavy atom. The van der Waals surface area contributed by atoms with Crippen molar-refractivity contribution in [3.05, 3.63) is 95.8 Å². The number of esters is 1. The summed E-state index contributed by atoms with van der Waals surface area (Å²) in [6.45, 7) is 0. The molecule has 0 N–H and O–H groups in total. The Morgan fingerprint density at radius 3 is 2.11 bits per heavy atom. The van der Waals surface area contributed by atoms with Crippen molar-refractivity contribution in [3.63, 3.8) is 0 Å². The van der Waals surface area contributed by atoms with Gasteiger partial charge in [-0.05, 0) is 54.6 Å². The number of nitrogens with zero attached hydrogens (tertiary/aromatic N) is 2. The molecule has 1 heterocycles. The number of methoxy groups -OCH3 is 1. The zero-order valence-electron chi connectivity index (χ0n) is 14.9. The molecule has 1 aromatic heterocycles. The predicted octanol–water partition coefficient (Wildman–Crippen LogP) is 3.92.